The summed E-state index contributed by atoms with van der Waals surface area (Å²) in [5.74, 6) is 1.17. The van der Waals surface area contributed by atoms with Crippen molar-refractivity contribution in [3.8, 4) is 0 Å². The van der Waals surface area contributed by atoms with Gasteiger partial charge in [0.1, 0.15) is 6.33 Å². The summed E-state index contributed by atoms with van der Waals surface area (Å²) in [4.78, 5) is 26.0. The van der Waals surface area contributed by atoms with Crippen molar-refractivity contribution in [3.63, 3.8) is 0 Å². The molecule has 1 amide bonds. The molecule has 0 saturated carbocycles. The van der Waals surface area contributed by atoms with Crippen LogP contribution in [0.2, 0.25) is 0 Å². The molecule has 4 rings (SSSR count). The number of amides is 1. The number of nitrogens with two attached hydrogens (primary N) is 1. The van der Waals surface area contributed by atoms with Gasteiger partial charge in [0.05, 0.1) is 17.0 Å². The number of carbonyl (C=O) groups is 1. The lowest BCUT2D eigenvalue weighted by Crippen LogP contribution is -2.38. The van der Waals surface area contributed by atoms with Crippen molar-refractivity contribution in [2.24, 2.45) is 17.6 Å². The number of aryl methyl sites for hydroxylation is 2. The molecular weight excluding hydrogens is 362 g/mol. The Morgan fingerprint density at radius 3 is 2.24 bits per heavy atom. The number of likely N-dealkylation sites (tertiary alicyclic amines) is 2. The minimum atomic E-state index is 0.0637. The number of aromatic nitrogens is 2. The molecule has 1 aromatic carbocycles. The van der Waals surface area contributed by atoms with Crippen molar-refractivity contribution in [2.75, 3.05) is 26.2 Å². The highest BCUT2D eigenvalue weighted by Crippen LogP contribution is 2.34. The van der Waals surface area contributed by atoms with E-state index < -0.39 is 0 Å². The van der Waals surface area contributed by atoms with Crippen LogP contribution in [-0.4, -0.2) is 57.9 Å². The Labute approximate surface area is 173 Å². The van der Waals surface area contributed by atoms with E-state index in [4.69, 9.17) is 5.73 Å². The standard InChI is InChI=1S/C23H31N5O/c1-15(9-21(24)18-7-5-4-6-8-18)27-10-19-12-28(13-20(19)11-27)23(29)22-16(2)25-14-26-17(22)3/h4-8,14-15,19-21H,9-13,24H2,1-3H3. The maximum Gasteiger partial charge on any atom is 0.257 e. The maximum atomic E-state index is 13.1. The number of nitrogens with zero attached hydrogens (tertiary/aromatic N) is 4. The van der Waals surface area contributed by atoms with Gasteiger partial charge in [-0.25, -0.2) is 9.97 Å². The Morgan fingerprint density at radius 2 is 1.66 bits per heavy atom. The highest BCUT2D eigenvalue weighted by Gasteiger charge is 2.43. The lowest BCUT2D eigenvalue weighted by molar-refractivity contribution is 0.0767. The Kier molecular flexibility index (Phi) is 5.65. The minimum absolute atomic E-state index is 0.0637. The maximum absolute atomic E-state index is 13.1. The molecule has 4 atom stereocenters. The van der Waals surface area contributed by atoms with Crippen molar-refractivity contribution in [1.29, 1.82) is 0 Å². The lowest BCUT2D eigenvalue weighted by atomic mass is 10.0. The Morgan fingerprint density at radius 1 is 1.07 bits per heavy atom. The molecule has 2 aliphatic rings. The third kappa shape index (κ3) is 4.05. The molecule has 0 radical (unpaired) electrons. The molecule has 2 aliphatic heterocycles. The van der Waals surface area contributed by atoms with Crippen LogP contribution < -0.4 is 5.73 Å². The third-order valence-corrected chi connectivity index (χ3v) is 6.69. The molecule has 1 aromatic heterocycles. The predicted octanol–water partition coefficient (Wildman–Crippen LogP) is 2.58. The number of hydrogen-bond acceptors (Lipinski definition) is 5. The normalized spacial score (nSPS) is 23.8. The molecule has 0 aliphatic carbocycles. The summed E-state index contributed by atoms with van der Waals surface area (Å²) in [7, 11) is 0. The lowest BCUT2D eigenvalue weighted by Gasteiger charge is -2.29. The smallest absolute Gasteiger partial charge is 0.257 e. The van der Waals surface area contributed by atoms with Gasteiger partial charge in [-0.1, -0.05) is 30.3 Å². The van der Waals surface area contributed by atoms with E-state index in [1.54, 1.807) is 0 Å². The largest absolute Gasteiger partial charge is 0.338 e. The van der Waals surface area contributed by atoms with Crippen LogP contribution in [0.1, 0.15) is 46.7 Å². The summed E-state index contributed by atoms with van der Waals surface area (Å²) in [6.45, 7) is 9.79. The van der Waals surface area contributed by atoms with E-state index in [1.165, 1.54) is 11.9 Å². The molecule has 154 valence electrons. The van der Waals surface area contributed by atoms with E-state index in [0.717, 1.165) is 44.0 Å². The fraction of sp³-hybridized carbons (Fsp3) is 0.522. The number of benzene rings is 1. The number of hydrogen-bond donors (Lipinski definition) is 1. The Hall–Kier alpha value is -2.31. The summed E-state index contributed by atoms with van der Waals surface area (Å²) in [6.07, 6.45) is 2.48. The number of rotatable bonds is 5. The van der Waals surface area contributed by atoms with Gasteiger partial charge in [-0.3, -0.25) is 9.69 Å². The highest BCUT2D eigenvalue weighted by atomic mass is 16.2. The zero-order valence-electron chi connectivity index (χ0n) is 17.6. The van der Waals surface area contributed by atoms with Crippen molar-refractivity contribution in [1.82, 2.24) is 19.8 Å². The highest BCUT2D eigenvalue weighted by molar-refractivity contribution is 5.96. The monoisotopic (exact) mass is 393 g/mol. The van der Waals surface area contributed by atoms with Crippen LogP contribution in [0.15, 0.2) is 36.7 Å². The zero-order valence-corrected chi connectivity index (χ0v) is 17.6. The minimum Gasteiger partial charge on any atom is -0.338 e. The fourth-order valence-corrected chi connectivity index (χ4v) is 4.97. The van der Waals surface area contributed by atoms with E-state index in [1.807, 2.05) is 36.9 Å². The second kappa shape index (κ2) is 8.20. The molecule has 29 heavy (non-hydrogen) atoms. The van der Waals surface area contributed by atoms with Crippen molar-refractivity contribution >= 4 is 5.91 Å². The summed E-state index contributed by atoms with van der Waals surface area (Å²) < 4.78 is 0. The van der Waals surface area contributed by atoms with Crippen LogP contribution >= 0.6 is 0 Å². The molecule has 2 fully saturated rings. The molecule has 2 aromatic rings. The molecule has 2 saturated heterocycles. The van der Waals surface area contributed by atoms with E-state index in [2.05, 4.69) is 33.9 Å². The van der Waals surface area contributed by atoms with Gasteiger partial charge >= 0.3 is 0 Å². The van der Waals surface area contributed by atoms with E-state index in [-0.39, 0.29) is 11.9 Å². The summed E-state index contributed by atoms with van der Waals surface area (Å²) in [6, 6.07) is 10.8. The van der Waals surface area contributed by atoms with Crippen molar-refractivity contribution < 1.29 is 4.79 Å². The molecule has 4 unspecified atom stereocenters. The molecule has 0 spiro atoms. The summed E-state index contributed by atoms with van der Waals surface area (Å²) in [5.41, 5.74) is 9.85. The first-order valence-electron chi connectivity index (χ1n) is 10.6. The van der Waals surface area contributed by atoms with E-state index in [9.17, 15) is 4.79 Å². The molecular formula is C23H31N5O. The fourth-order valence-electron chi connectivity index (χ4n) is 4.97. The Bertz CT molecular complexity index is 837. The molecule has 0 bridgehead atoms. The molecule has 6 nitrogen and oxygen atoms in total. The summed E-state index contributed by atoms with van der Waals surface area (Å²) >= 11 is 0. The first-order valence-corrected chi connectivity index (χ1v) is 10.6. The van der Waals surface area contributed by atoms with Crippen molar-refractivity contribution in [3.05, 3.63) is 59.2 Å². The topological polar surface area (TPSA) is 75.4 Å². The average molecular weight is 394 g/mol. The Balaban J connectivity index is 1.34. The van der Waals surface area contributed by atoms with Crippen molar-refractivity contribution in [2.45, 2.75) is 39.3 Å². The first kappa shape index (κ1) is 20.0. The van der Waals surface area contributed by atoms with E-state index >= 15 is 0 Å². The SMILES string of the molecule is Cc1ncnc(C)c1C(=O)N1CC2CN(C(C)CC(N)c3ccccc3)CC2C1. The zero-order chi connectivity index (χ0) is 20.5. The second-order valence-electron chi connectivity index (χ2n) is 8.71. The quantitative estimate of drug-likeness (QED) is 0.845. The third-order valence-electron chi connectivity index (χ3n) is 6.69. The van der Waals surface area contributed by atoms with Gasteiger partial charge in [0.2, 0.25) is 0 Å². The average Bonchev–Trinajstić information content (AvgIpc) is 3.28. The summed E-state index contributed by atoms with van der Waals surface area (Å²) in [5, 5.41) is 0. The predicted molar refractivity (Wildman–Crippen MR) is 113 cm³/mol. The van der Waals surface area contributed by atoms with Crippen LogP contribution in [-0.2, 0) is 0 Å². The van der Waals surface area contributed by atoms with Crippen LogP contribution in [0.3, 0.4) is 0 Å². The molecule has 3 heterocycles. The van der Waals surface area contributed by atoms with Crippen LogP contribution in [0, 0.1) is 25.7 Å². The van der Waals surface area contributed by atoms with E-state index in [0.29, 0.717) is 23.4 Å². The molecule has 6 heteroatoms. The van der Waals surface area contributed by atoms with Gasteiger partial charge in [0.15, 0.2) is 0 Å². The van der Waals surface area contributed by atoms with Crippen LogP contribution in [0.25, 0.3) is 0 Å². The van der Waals surface area contributed by atoms with Gasteiger partial charge in [-0.05, 0) is 44.6 Å². The van der Waals surface area contributed by atoms with Crippen LogP contribution in [0.4, 0.5) is 0 Å². The van der Waals surface area contributed by atoms with Gasteiger partial charge in [0, 0.05) is 38.3 Å². The second-order valence-corrected chi connectivity index (χ2v) is 8.71. The molecule has 2 N–H and O–H groups in total. The van der Waals surface area contributed by atoms with Crippen LogP contribution in [0.5, 0.6) is 0 Å². The first-order chi connectivity index (χ1) is 13.9. The van der Waals surface area contributed by atoms with Gasteiger partial charge in [-0.15, -0.1) is 0 Å². The van der Waals surface area contributed by atoms with Gasteiger partial charge in [-0.2, -0.15) is 0 Å². The number of carbonyl (C=O) groups excluding carboxylic acids is 1. The van der Waals surface area contributed by atoms with Gasteiger partial charge < -0.3 is 10.6 Å². The number of fused-ring (bicyclic) bond motifs is 1. The van der Waals surface area contributed by atoms with Gasteiger partial charge in [0.25, 0.3) is 5.91 Å².